The largest absolute Gasteiger partial charge is 0.303 e. The molecule has 0 saturated heterocycles. The Morgan fingerprint density at radius 1 is 1.44 bits per heavy atom. The number of carbonyl (C=O) groups excluding carboxylic acids is 1. The van der Waals surface area contributed by atoms with Crippen LogP contribution in [0.25, 0.3) is 0 Å². The number of carbonyl (C=O) groups is 1. The third-order valence-corrected chi connectivity index (χ3v) is 1.70. The molecule has 0 aliphatic carbocycles. The van der Waals surface area contributed by atoms with Gasteiger partial charge in [0.1, 0.15) is 6.29 Å². The summed E-state index contributed by atoms with van der Waals surface area (Å²) in [6, 6.07) is 0. The van der Waals surface area contributed by atoms with Gasteiger partial charge < -0.3 is 4.79 Å². The van der Waals surface area contributed by atoms with Crippen molar-refractivity contribution in [3.63, 3.8) is 0 Å². The Hall–Kier alpha value is -0.330. The molecule has 0 aromatic carbocycles. The highest BCUT2D eigenvalue weighted by molar-refractivity contribution is 5.49. The maximum atomic E-state index is 10.0. The van der Waals surface area contributed by atoms with Gasteiger partial charge in [-0.15, -0.1) is 0 Å². The molecule has 0 spiro atoms. The van der Waals surface area contributed by atoms with Gasteiger partial charge in [-0.3, -0.25) is 0 Å². The van der Waals surface area contributed by atoms with E-state index in [-0.39, 0.29) is 0 Å². The summed E-state index contributed by atoms with van der Waals surface area (Å²) in [4.78, 5) is 10.0. The van der Waals surface area contributed by atoms with Gasteiger partial charge in [-0.25, -0.2) is 0 Å². The van der Waals surface area contributed by atoms with Gasteiger partial charge in [-0.1, -0.05) is 33.1 Å². The van der Waals surface area contributed by atoms with Crippen LogP contribution in [0.5, 0.6) is 0 Å². The molecule has 1 nitrogen and oxygen atoms in total. The number of rotatable bonds is 5. The van der Waals surface area contributed by atoms with Crippen molar-refractivity contribution in [3.8, 4) is 0 Å². The van der Waals surface area contributed by atoms with Crippen LogP contribution in [-0.2, 0) is 4.79 Å². The molecule has 9 heavy (non-hydrogen) atoms. The van der Waals surface area contributed by atoms with Crippen LogP contribution in [0.1, 0.15) is 39.5 Å². The molecule has 0 amide bonds. The van der Waals surface area contributed by atoms with Crippen molar-refractivity contribution in [1.82, 2.24) is 0 Å². The van der Waals surface area contributed by atoms with E-state index in [1.165, 1.54) is 12.8 Å². The quantitative estimate of drug-likeness (QED) is 0.519. The summed E-state index contributed by atoms with van der Waals surface area (Å²) in [6.45, 7) is 4.30. The van der Waals surface area contributed by atoms with Crippen LogP contribution < -0.4 is 0 Å². The van der Waals surface area contributed by atoms with Crippen molar-refractivity contribution in [1.29, 1.82) is 0 Å². The second-order valence-electron chi connectivity index (χ2n) is 2.47. The van der Waals surface area contributed by atoms with Gasteiger partial charge >= 0.3 is 0 Å². The monoisotopic (exact) mass is 128 g/mol. The van der Waals surface area contributed by atoms with Crippen LogP contribution in [0.3, 0.4) is 0 Å². The highest BCUT2D eigenvalue weighted by Gasteiger charge is 2.01. The van der Waals surface area contributed by atoms with Crippen LogP contribution in [0.15, 0.2) is 0 Å². The third-order valence-electron chi connectivity index (χ3n) is 1.70. The van der Waals surface area contributed by atoms with E-state index in [9.17, 15) is 4.79 Å². The Balaban J connectivity index is 3.28. The van der Waals surface area contributed by atoms with Crippen LogP contribution >= 0.6 is 0 Å². The lowest BCUT2D eigenvalue weighted by molar-refractivity contribution is -0.108. The van der Waals surface area contributed by atoms with E-state index in [2.05, 4.69) is 13.8 Å². The van der Waals surface area contributed by atoms with E-state index in [4.69, 9.17) is 0 Å². The molecule has 0 aliphatic rings. The number of hydrogen-bond donors (Lipinski definition) is 0. The van der Waals surface area contributed by atoms with E-state index in [1.54, 1.807) is 0 Å². The molecule has 0 radical (unpaired) electrons. The van der Waals surface area contributed by atoms with E-state index in [0.29, 0.717) is 5.92 Å². The van der Waals surface area contributed by atoms with Gasteiger partial charge in [0.2, 0.25) is 0 Å². The first-order chi connectivity index (χ1) is 4.35. The van der Waals surface area contributed by atoms with Crippen LogP contribution in [0, 0.1) is 5.92 Å². The van der Waals surface area contributed by atoms with Crippen molar-refractivity contribution in [2.45, 2.75) is 39.5 Å². The molecule has 0 unspecified atom stereocenters. The van der Waals surface area contributed by atoms with Gasteiger partial charge in [-0.2, -0.15) is 0 Å². The Labute approximate surface area is 57.5 Å². The zero-order valence-corrected chi connectivity index (χ0v) is 6.39. The number of hydrogen-bond acceptors (Lipinski definition) is 1. The zero-order valence-electron chi connectivity index (χ0n) is 6.39. The normalized spacial score (nSPS) is 13.1. The third kappa shape index (κ3) is 4.19. The van der Waals surface area contributed by atoms with Gasteiger partial charge in [0, 0.05) is 6.42 Å². The first-order valence-corrected chi connectivity index (χ1v) is 3.78. The van der Waals surface area contributed by atoms with Crippen molar-refractivity contribution >= 4 is 6.29 Å². The van der Waals surface area contributed by atoms with Crippen molar-refractivity contribution < 1.29 is 4.79 Å². The highest BCUT2D eigenvalue weighted by atomic mass is 16.1. The molecule has 0 saturated carbocycles. The molecular formula is C8H16O. The minimum atomic E-state index is 0.646. The molecule has 54 valence electrons. The molecule has 0 rings (SSSR count). The van der Waals surface area contributed by atoms with Gasteiger partial charge in [0.25, 0.3) is 0 Å². The Bertz CT molecular complexity index is 69.0. The Morgan fingerprint density at radius 2 is 2.11 bits per heavy atom. The molecule has 0 aliphatic heterocycles. The van der Waals surface area contributed by atoms with Gasteiger partial charge in [-0.05, 0) is 5.92 Å². The zero-order chi connectivity index (χ0) is 7.11. The van der Waals surface area contributed by atoms with E-state index in [1.807, 2.05) is 0 Å². The molecular weight excluding hydrogens is 112 g/mol. The molecule has 0 N–H and O–H groups in total. The number of aldehydes is 1. The van der Waals surface area contributed by atoms with E-state index >= 15 is 0 Å². The summed E-state index contributed by atoms with van der Waals surface area (Å²) in [5.74, 6) is 0.646. The molecule has 1 atom stereocenters. The summed E-state index contributed by atoms with van der Waals surface area (Å²) in [6.07, 6.45) is 5.34. The maximum Gasteiger partial charge on any atom is 0.120 e. The van der Waals surface area contributed by atoms with Crippen LogP contribution in [-0.4, -0.2) is 6.29 Å². The minimum absolute atomic E-state index is 0.646. The summed E-state index contributed by atoms with van der Waals surface area (Å²) in [5, 5.41) is 0. The molecule has 1 heteroatoms. The first kappa shape index (κ1) is 8.67. The predicted molar refractivity (Wildman–Crippen MR) is 39.4 cm³/mol. The summed E-state index contributed by atoms with van der Waals surface area (Å²) in [5.41, 5.74) is 0. The molecule has 0 aromatic rings. The second-order valence-corrected chi connectivity index (χ2v) is 2.47. The van der Waals surface area contributed by atoms with Crippen molar-refractivity contribution in [3.05, 3.63) is 0 Å². The molecule has 0 fully saturated rings. The van der Waals surface area contributed by atoms with E-state index < -0.39 is 0 Å². The van der Waals surface area contributed by atoms with Crippen LogP contribution in [0.4, 0.5) is 0 Å². The Morgan fingerprint density at radius 3 is 2.44 bits per heavy atom. The van der Waals surface area contributed by atoms with Crippen LogP contribution in [0.2, 0.25) is 0 Å². The average Bonchev–Trinajstić information content (AvgIpc) is 1.88. The van der Waals surface area contributed by atoms with Gasteiger partial charge in [0.05, 0.1) is 0 Å². The van der Waals surface area contributed by atoms with E-state index in [0.717, 1.165) is 19.1 Å². The molecule has 0 heterocycles. The average molecular weight is 128 g/mol. The fraction of sp³-hybridized carbons (Fsp3) is 0.875. The summed E-state index contributed by atoms with van der Waals surface area (Å²) < 4.78 is 0. The predicted octanol–water partition coefficient (Wildman–Crippen LogP) is 2.40. The Kier molecular flexibility index (Phi) is 5.59. The maximum absolute atomic E-state index is 10.0. The lowest BCUT2D eigenvalue weighted by Crippen LogP contribution is -1.97. The summed E-state index contributed by atoms with van der Waals surface area (Å²) >= 11 is 0. The first-order valence-electron chi connectivity index (χ1n) is 3.78. The lowest BCUT2D eigenvalue weighted by atomic mass is 9.98. The second kappa shape index (κ2) is 5.80. The minimum Gasteiger partial charge on any atom is -0.303 e. The van der Waals surface area contributed by atoms with Gasteiger partial charge in [0.15, 0.2) is 0 Å². The fourth-order valence-electron chi connectivity index (χ4n) is 1.03. The SMILES string of the molecule is CCC[C@@H](CC)CC=O. The topological polar surface area (TPSA) is 17.1 Å². The smallest absolute Gasteiger partial charge is 0.120 e. The lowest BCUT2D eigenvalue weighted by Gasteiger charge is -2.07. The van der Waals surface area contributed by atoms with Crippen molar-refractivity contribution in [2.75, 3.05) is 0 Å². The standard InChI is InChI=1S/C8H16O/c1-3-5-8(4-2)6-7-9/h7-8H,3-6H2,1-2H3/t8-/m1/s1. The fourth-order valence-corrected chi connectivity index (χ4v) is 1.03. The van der Waals surface area contributed by atoms with Crippen molar-refractivity contribution in [2.24, 2.45) is 5.92 Å². The highest BCUT2D eigenvalue weighted by Crippen LogP contribution is 2.12. The molecule has 0 bridgehead atoms. The summed E-state index contributed by atoms with van der Waals surface area (Å²) in [7, 11) is 0. The molecule has 0 aromatic heterocycles.